The number of carbonyl (C=O) groups excluding carboxylic acids is 3. The second-order valence-corrected chi connectivity index (χ2v) is 12.4. The zero-order chi connectivity index (χ0) is 32.2. The molecule has 2 aliphatic heterocycles. The molecule has 0 unspecified atom stereocenters. The number of nitrogens with zero attached hydrogens (tertiary/aromatic N) is 2. The summed E-state index contributed by atoms with van der Waals surface area (Å²) in [5, 5.41) is 0. The van der Waals surface area contributed by atoms with Crippen LogP contribution in [0.5, 0.6) is 23.0 Å². The van der Waals surface area contributed by atoms with Crippen molar-refractivity contribution in [1.29, 1.82) is 0 Å². The molecule has 5 aromatic rings. The third-order valence-electron chi connectivity index (χ3n) is 8.81. The van der Waals surface area contributed by atoms with Crippen LogP contribution in [0, 0.1) is 6.92 Å². The highest BCUT2D eigenvalue weighted by atomic mass is 16.5. The summed E-state index contributed by atoms with van der Waals surface area (Å²) in [5.41, 5.74) is 5.81. The van der Waals surface area contributed by atoms with Gasteiger partial charge in [-0.1, -0.05) is 56.3 Å². The van der Waals surface area contributed by atoms with Gasteiger partial charge in [0.15, 0.2) is 0 Å². The molecule has 0 fully saturated rings. The number of carbonyl (C=O) groups is 3. The van der Waals surface area contributed by atoms with Crippen LogP contribution in [0.1, 0.15) is 67.2 Å². The topological polar surface area (TPSA) is 76.2 Å². The van der Waals surface area contributed by atoms with E-state index in [-0.39, 0.29) is 23.1 Å². The number of hydrogen-bond donors (Lipinski definition) is 0. The number of anilines is 1. The lowest BCUT2D eigenvalue weighted by atomic mass is 9.78. The van der Waals surface area contributed by atoms with Crippen molar-refractivity contribution in [2.45, 2.75) is 32.7 Å². The normalized spacial score (nSPS) is 14.0. The maximum Gasteiger partial charge on any atom is 0.266 e. The molecule has 0 spiro atoms. The Balaban J connectivity index is 1.04. The van der Waals surface area contributed by atoms with Crippen LogP contribution in [0.15, 0.2) is 109 Å². The first-order valence-corrected chi connectivity index (χ1v) is 15.1. The molecule has 2 aliphatic rings. The van der Waals surface area contributed by atoms with Crippen molar-refractivity contribution >= 4 is 23.4 Å². The van der Waals surface area contributed by atoms with Crippen molar-refractivity contribution in [2.24, 2.45) is 0 Å². The van der Waals surface area contributed by atoms with Crippen LogP contribution in [0.3, 0.4) is 0 Å². The smallest absolute Gasteiger partial charge is 0.266 e. The van der Waals surface area contributed by atoms with Crippen LogP contribution in [-0.4, -0.2) is 29.7 Å². The lowest BCUT2D eigenvalue weighted by molar-refractivity contribution is 0.0815. The molecule has 7 nitrogen and oxygen atoms in total. The molecule has 7 rings (SSSR count). The van der Waals surface area contributed by atoms with Crippen LogP contribution < -0.4 is 14.4 Å². The second kappa shape index (κ2) is 11.0. The molecule has 2 heterocycles. The Morgan fingerprint density at radius 3 is 1.74 bits per heavy atom. The van der Waals surface area contributed by atoms with Gasteiger partial charge in [-0.05, 0) is 95.9 Å². The van der Waals surface area contributed by atoms with E-state index in [9.17, 15) is 14.4 Å². The highest BCUT2D eigenvalue weighted by Crippen LogP contribution is 2.36. The average molecular weight is 609 g/mol. The Kier molecular flexibility index (Phi) is 6.97. The van der Waals surface area contributed by atoms with E-state index < -0.39 is 0 Å². The largest absolute Gasteiger partial charge is 0.457 e. The van der Waals surface area contributed by atoms with E-state index in [2.05, 4.69) is 26.0 Å². The van der Waals surface area contributed by atoms with Crippen molar-refractivity contribution in [3.8, 4) is 23.0 Å². The molecule has 228 valence electrons. The SMILES string of the molecule is Cc1cccc(N2C(=O)c3ccc(Oc4ccc(C(C)(C)c5ccc(Oc6ccc7c(c6)C(=O)N(C)C7)cc5)cc4)cc3C2=O)c1. The molecule has 0 aliphatic carbocycles. The first kappa shape index (κ1) is 29.0. The quantitative estimate of drug-likeness (QED) is 0.174. The van der Waals surface area contributed by atoms with Crippen molar-refractivity contribution < 1.29 is 23.9 Å². The lowest BCUT2D eigenvalue weighted by Gasteiger charge is -2.26. The Bertz CT molecular complexity index is 2030. The molecular weight excluding hydrogens is 576 g/mol. The summed E-state index contributed by atoms with van der Waals surface area (Å²) in [6.07, 6.45) is 0. The maximum absolute atomic E-state index is 13.2. The molecule has 0 radical (unpaired) electrons. The zero-order valence-electron chi connectivity index (χ0n) is 26.0. The van der Waals surface area contributed by atoms with Gasteiger partial charge in [0, 0.05) is 24.6 Å². The number of benzene rings is 5. The molecule has 3 amide bonds. The van der Waals surface area contributed by atoms with Gasteiger partial charge in [-0.2, -0.15) is 0 Å². The third kappa shape index (κ3) is 5.09. The van der Waals surface area contributed by atoms with Gasteiger partial charge in [0.05, 0.1) is 16.8 Å². The Morgan fingerprint density at radius 2 is 1.13 bits per heavy atom. The summed E-state index contributed by atoms with van der Waals surface area (Å²) in [5.74, 6) is 1.74. The Morgan fingerprint density at radius 1 is 0.587 bits per heavy atom. The van der Waals surface area contributed by atoms with Gasteiger partial charge >= 0.3 is 0 Å². The molecular formula is C39H32N2O5. The van der Waals surface area contributed by atoms with Crippen molar-refractivity contribution in [1.82, 2.24) is 4.90 Å². The van der Waals surface area contributed by atoms with Gasteiger partial charge in [0.1, 0.15) is 23.0 Å². The highest BCUT2D eigenvalue weighted by molar-refractivity contribution is 6.34. The van der Waals surface area contributed by atoms with Crippen molar-refractivity contribution in [2.75, 3.05) is 11.9 Å². The summed E-state index contributed by atoms with van der Waals surface area (Å²) < 4.78 is 12.2. The maximum atomic E-state index is 13.2. The fourth-order valence-corrected chi connectivity index (χ4v) is 6.09. The fraction of sp³-hybridized carbons (Fsp3) is 0.154. The number of hydrogen-bond acceptors (Lipinski definition) is 5. The molecule has 0 saturated carbocycles. The predicted molar refractivity (Wildman–Crippen MR) is 176 cm³/mol. The zero-order valence-corrected chi connectivity index (χ0v) is 26.0. The highest BCUT2D eigenvalue weighted by Gasteiger charge is 2.37. The van der Waals surface area contributed by atoms with Crippen LogP contribution >= 0.6 is 0 Å². The third-order valence-corrected chi connectivity index (χ3v) is 8.81. The number of amides is 3. The average Bonchev–Trinajstić information content (AvgIpc) is 3.47. The number of rotatable bonds is 7. The van der Waals surface area contributed by atoms with Crippen molar-refractivity contribution in [3.05, 3.63) is 148 Å². The van der Waals surface area contributed by atoms with Gasteiger partial charge < -0.3 is 14.4 Å². The van der Waals surface area contributed by atoms with E-state index >= 15 is 0 Å². The van der Waals surface area contributed by atoms with Gasteiger partial charge in [0.2, 0.25) is 0 Å². The standard InChI is InChI=1S/C39H32N2O5/c1-24-6-5-7-28(20-24)41-37(43)33-19-18-32(22-35(33)38(41)44)46-30-16-11-27(12-17-30)39(2,3)26-9-14-29(15-10-26)45-31-13-8-25-23-40(4)36(42)34(25)21-31/h5-22H,23H2,1-4H3. The van der Waals surface area contributed by atoms with E-state index in [0.717, 1.165) is 22.3 Å². The molecule has 46 heavy (non-hydrogen) atoms. The fourth-order valence-electron chi connectivity index (χ4n) is 6.09. The monoisotopic (exact) mass is 608 g/mol. The number of ether oxygens (including phenoxy) is 2. The second-order valence-electron chi connectivity index (χ2n) is 12.4. The van der Waals surface area contributed by atoms with Crippen LogP contribution in [0.2, 0.25) is 0 Å². The van der Waals surface area contributed by atoms with E-state index in [1.807, 2.05) is 79.7 Å². The van der Waals surface area contributed by atoms with Crippen LogP contribution in [-0.2, 0) is 12.0 Å². The van der Waals surface area contributed by atoms with Gasteiger partial charge in [-0.15, -0.1) is 0 Å². The molecule has 0 N–H and O–H groups in total. The Labute approximate surface area is 267 Å². The molecule has 0 saturated heterocycles. The minimum atomic E-state index is -0.361. The first-order valence-electron chi connectivity index (χ1n) is 15.1. The van der Waals surface area contributed by atoms with E-state index in [1.54, 1.807) is 36.2 Å². The van der Waals surface area contributed by atoms with E-state index in [1.165, 1.54) is 4.90 Å². The minimum absolute atomic E-state index is 0.0121. The summed E-state index contributed by atoms with van der Waals surface area (Å²) >= 11 is 0. The summed E-state index contributed by atoms with van der Waals surface area (Å²) in [4.78, 5) is 41.5. The Hall–Kier alpha value is -5.69. The molecule has 7 heteroatoms. The molecule has 0 aromatic heterocycles. The number of aryl methyl sites for hydroxylation is 1. The minimum Gasteiger partial charge on any atom is -0.457 e. The van der Waals surface area contributed by atoms with Crippen LogP contribution in [0.4, 0.5) is 5.69 Å². The summed E-state index contributed by atoms with van der Waals surface area (Å²) in [6, 6.07) is 33.8. The van der Waals surface area contributed by atoms with Gasteiger partial charge in [-0.25, -0.2) is 4.90 Å². The lowest BCUT2D eigenvalue weighted by Crippen LogP contribution is -2.29. The molecule has 0 bridgehead atoms. The van der Waals surface area contributed by atoms with Gasteiger partial charge in [-0.3, -0.25) is 14.4 Å². The van der Waals surface area contributed by atoms with E-state index in [0.29, 0.717) is 51.9 Å². The number of imide groups is 1. The summed E-state index contributed by atoms with van der Waals surface area (Å²) in [6.45, 7) is 6.86. The van der Waals surface area contributed by atoms with Gasteiger partial charge in [0.25, 0.3) is 17.7 Å². The number of fused-ring (bicyclic) bond motifs is 2. The van der Waals surface area contributed by atoms with E-state index in [4.69, 9.17) is 9.47 Å². The molecule has 5 aromatic carbocycles. The van der Waals surface area contributed by atoms with Crippen LogP contribution in [0.25, 0.3) is 0 Å². The first-order chi connectivity index (χ1) is 22.1. The molecule has 0 atom stereocenters. The van der Waals surface area contributed by atoms with Crippen molar-refractivity contribution in [3.63, 3.8) is 0 Å². The predicted octanol–water partition coefficient (Wildman–Crippen LogP) is 8.29. The summed E-state index contributed by atoms with van der Waals surface area (Å²) in [7, 11) is 1.80.